The molecule has 0 atom stereocenters. The number of piperazine rings is 1. The first kappa shape index (κ1) is 21.4. The third kappa shape index (κ3) is 4.76. The first-order valence-corrected chi connectivity index (χ1v) is 12.1. The number of benzene rings is 2. The maximum Gasteiger partial charge on any atom is 0.283 e. The number of rotatable bonds is 7. The van der Waals surface area contributed by atoms with Gasteiger partial charge in [-0.05, 0) is 36.4 Å². The molecule has 0 radical (unpaired) electrons. The van der Waals surface area contributed by atoms with Gasteiger partial charge in [-0.25, -0.2) is 8.42 Å². The van der Waals surface area contributed by atoms with Gasteiger partial charge in [0.15, 0.2) is 0 Å². The molecule has 8 nitrogen and oxygen atoms in total. The highest BCUT2D eigenvalue weighted by Gasteiger charge is 2.29. The predicted octanol–water partition coefficient (Wildman–Crippen LogP) is 3.99. The number of anilines is 1. The number of hydrogen-bond donors (Lipinski definition) is 0. The molecular formula is C21H21N3O5S2. The van der Waals surface area contributed by atoms with E-state index in [1.165, 1.54) is 22.1 Å². The maximum absolute atomic E-state index is 12.8. The van der Waals surface area contributed by atoms with Crippen LogP contribution in [-0.2, 0) is 15.8 Å². The molecule has 0 spiro atoms. The normalized spacial score (nSPS) is 15.2. The lowest BCUT2D eigenvalue weighted by atomic mass is 10.2. The van der Waals surface area contributed by atoms with E-state index >= 15 is 0 Å². The van der Waals surface area contributed by atoms with Gasteiger partial charge in [0, 0.05) is 37.9 Å². The molecule has 1 aromatic heterocycles. The van der Waals surface area contributed by atoms with Crippen molar-refractivity contribution in [2.24, 2.45) is 0 Å². The lowest BCUT2D eigenvalue weighted by molar-refractivity contribution is -0.387. The topological polar surface area (TPSA) is 96.9 Å². The highest BCUT2D eigenvalue weighted by Crippen LogP contribution is 2.35. The summed E-state index contributed by atoms with van der Waals surface area (Å²) in [6.45, 7) is 1.71. The molecule has 1 saturated heterocycles. The Labute approximate surface area is 184 Å². The van der Waals surface area contributed by atoms with Crippen LogP contribution in [-0.4, -0.2) is 43.8 Å². The molecule has 162 valence electrons. The van der Waals surface area contributed by atoms with Crippen LogP contribution in [0.3, 0.4) is 0 Å². The third-order valence-electron chi connectivity index (χ3n) is 5.07. The van der Waals surface area contributed by atoms with E-state index in [-0.39, 0.29) is 10.6 Å². The number of hydrogen-bond acceptors (Lipinski definition) is 7. The monoisotopic (exact) mass is 459 g/mol. The average molecular weight is 460 g/mol. The SMILES string of the molecule is O=[N+]([O-])c1ccc(N2CCN(S(=O)(=O)c3ccccc3)CC2)cc1SCc1ccco1. The van der Waals surface area contributed by atoms with Gasteiger partial charge in [0.25, 0.3) is 5.69 Å². The van der Waals surface area contributed by atoms with Crippen molar-refractivity contribution in [3.05, 3.63) is 82.8 Å². The second-order valence-electron chi connectivity index (χ2n) is 6.98. The van der Waals surface area contributed by atoms with E-state index in [1.807, 2.05) is 6.07 Å². The van der Waals surface area contributed by atoms with Gasteiger partial charge >= 0.3 is 0 Å². The van der Waals surface area contributed by atoms with Crippen LogP contribution in [0.1, 0.15) is 5.76 Å². The second kappa shape index (κ2) is 9.13. The van der Waals surface area contributed by atoms with Gasteiger partial charge in [-0.2, -0.15) is 4.31 Å². The van der Waals surface area contributed by atoms with Crippen LogP contribution < -0.4 is 4.90 Å². The highest BCUT2D eigenvalue weighted by atomic mass is 32.2. The van der Waals surface area contributed by atoms with Crippen LogP contribution in [0, 0.1) is 10.1 Å². The Morgan fingerprint density at radius 3 is 2.39 bits per heavy atom. The van der Waals surface area contributed by atoms with Crippen LogP contribution in [0.5, 0.6) is 0 Å². The first-order valence-electron chi connectivity index (χ1n) is 9.69. The fourth-order valence-electron chi connectivity index (χ4n) is 3.44. The second-order valence-corrected chi connectivity index (χ2v) is 9.94. The maximum atomic E-state index is 12.8. The third-order valence-corrected chi connectivity index (χ3v) is 8.05. The van der Waals surface area contributed by atoms with Crippen molar-refractivity contribution in [2.45, 2.75) is 15.5 Å². The number of furan rings is 1. The Bertz CT molecular complexity index is 1140. The van der Waals surface area contributed by atoms with Crippen molar-refractivity contribution in [1.29, 1.82) is 0 Å². The minimum absolute atomic E-state index is 0.0468. The van der Waals surface area contributed by atoms with E-state index < -0.39 is 14.9 Å². The lowest BCUT2D eigenvalue weighted by Crippen LogP contribution is -2.48. The van der Waals surface area contributed by atoms with E-state index in [0.29, 0.717) is 36.8 Å². The molecular weight excluding hydrogens is 438 g/mol. The Hall–Kier alpha value is -2.82. The molecule has 0 amide bonds. The predicted molar refractivity (Wildman–Crippen MR) is 119 cm³/mol. The molecule has 3 aromatic rings. The van der Waals surface area contributed by atoms with Crippen molar-refractivity contribution < 1.29 is 17.8 Å². The molecule has 4 rings (SSSR count). The number of nitro benzene ring substituents is 1. The molecule has 0 bridgehead atoms. The molecule has 0 aliphatic carbocycles. The van der Waals surface area contributed by atoms with Gasteiger partial charge in [0.1, 0.15) is 5.76 Å². The van der Waals surface area contributed by atoms with Crippen LogP contribution in [0.4, 0.5) is 11.4 Å². The summed E-state index contributed by atoms with van der Waals surface area (Å²) >= 11 is 1.34. The summed E-state index contributed by atoms with van der Waals surface area (Å²) in [7, 11) is -3.52. The quantitative estimate of drug-likeness (QED) is 0.299. The van der Waals surface area contributed by atoms with E-state index in [2.05, 4.69) is 4.90 Å². The molecule has 0 unspecified atom stereocenters. The first-order chi connectivity index (χ1) is 14.9. The minimum Gasteiger partial charge on any atom is -0.468 e. The molecule has 0 saturated carbocycles. The molecule has 2 heterocycles. The molecule has 2 aromatic carbocycles. The summed E-state index contributed by atoms with van der Waals surface area (Å²) in [5.74, 6) is 1.23. The molecule has 10 heteroatoms. The van der Waals surface area contributed by atoms with Crippen LogP contribution in [0.25, 0.3) is 0 Å². The Morgan fingerprint density at radius 2 is 1.74 bits per heavy atom. The summed E-state index contributed by atoms with van der Waals surface area (Å²) in [6, 6.07) is 17.0. The number of sulfonamides is 1. The zero-order valence-electron chi connectivity index (χ0n) is 16.6. The number of thioether (sulfide) groups is 1. The van der Waals surface area contributed by atoms with E-state index in [4.69, 9.17) is 4.42 Å². The van der Waals surface area contributed by atoms with Gasteiger partial charge < -0.3 is 9.32 Å². The Balaban J connectivity index is 1.48. The standard InChI is InChI=1S/C21H21N3O5S2/c25-24(26)20-9-8-17(15-21(20)30-16-18-5-4-14-29-18)22-10-12-23(13-11-22)31(27,28)19-6-2-1-3-7-19/h1-9,14-15H,10-13,16H2. The molecule has 1 aliphatic heterocycles. The number of nitrogens with zero attached hydrogens (tertiary/aromatic N) is 3. The minimum atomic E-state index is -3.52. The van der Waals surface area contributed by atoms with Crippen molar-refractivity contribution >= 4 is 33.2 Å². The van der Waals surface area contributed by atoms with Crippen molar-refractivity contribution in [3.63, 3.8) is 0 Å². The molecule has 0 N–H and O–H groups in total. The molecule has 31 heavy (non-hydrogen) atoms. The average Bonchev–Trinajstić information content (AvgIpc) is 3.32. The summed E-state index contributed by atoms with van der Waals surface area (Å²) < 4.78 is 32.4. The smallest absolute Gasteiger partial charge is 0.283 e. The van der Waals surface area contributed by atoms with Gasteiger partial charge in [0.2, 0.25) is 10.0 Å². The van der Waals surface area contributed by atoms with Gasteiger partial charge in [-0.15, -0.1) is 11.8 Å². The highest BCUT2D eigenvalue weighted by molar-refractivity contribution is 7.98. The fraction of sp³-hybridized carbons (Fsp3) is 0.238. The zero-order valence-corrected chi connectivity index (χ0v) is 18.2. The summed E-state index contributed by atoms with van der Waals surface area (Å²) in [5.41, 5.74) is 0.884. The van der Waals surface area contributed by atoms with Gasteiger partial charge in [0.05, 0.1) is 26.7 Å². The van der Waals surface area contributed by atoms with Crippen molar-refractivity contribution in [1.82, 2.24) is 4.31 Å². The fourth-order valence-corrected chi connectivity index (χ4v) is 5.84. The number of nitro groups is 1. The summed E-state index contributed by atoms with van der Waals surface area (Å²) in [6.07, 6.45) is 1.57. The Morgan fingerprint density at radius 1 is 1.00 bits per heavy atom. The zero-order chi connectivity index (χ0) is 21.8. The van der Waals surface area contributed by atoms with Crippen LogP contribution in [0.15, 0.2) is 81.1 Å². The Kier molecular flexibility index (Phi) is 6.30. The summed E-state index contributed by atoms with van der Waals surface area (Å²) in [5, 5.41) is 11.4. The van der Waals surface area contributed by atoms with E-state index in [1.54, 1.807) is 54.8 Å². The van der Waals surface area contributed by atoms with Crippen LogP contribution in [0.2, 0.25) is 0 Å². The van der Waals surface area contributed by atoms with Gasteiger partial charge in [-0.1, -0.05) is 18.2 Å². The molecule has 1 fully saturated rings. The van der Waals surface area contributed by atoms with E-state index in [0.717, 1.165) is 11.4 Å². The van der Waals surface area contributed by atoms with Crippen molar-refractivity contribution in [2.75, 3.05) is 31.1 Å². The van der Waals surface area contributed by atoms with Crippen LogP contribution >= 0.6 is 11.8 Å². The van der Waals surface area contributed by atoms with Crippen molar-refractivity contribution in [3.8, 4) is 0 Å². The van der Waals surface area contributed by atoms with Gasteiger partial charge in [-0.3, -0.25) is 10.1 Å². The lowest BCUT2D eigenvalue weighted by Gasteiger charge is -2.35. The summed E-state index contributed by atoms with van der Waals surface area (Å²) in [4.78, 5) is 13.9. The molecule has 1 aliphatic rings. The largest absolute Gasteiger partial charge is 0.468 e. The van der Waals surface area contributed by atoms with E-state index in [9.17, 15) is 18.5 Å².